The van der Waals surface area contributed by atoms with E-state index >= 15 is 0 Å². The van der Waals surface area contributed by atoms with Crippen LogP contribution in [0.25, 0.3) is 11.3 Å². The van der Waals surface area contributed by atoms with Gasteiger partial charge in [-0.1, -0.05) is 42.5 Å². The summed E-state index contributed by atoms with van der Waals surface area (Å²) in [6, 6.07) is 19.1. The number of amides is 1. The smallest absolute Gasteiger partial charge is 0.274 e. The highest BCUT2D eigenvalue weighted by Crippen LogP contribution is 2.31. The third kappa shape index (κ3) is 4.00. The van der Waals surface area contributed by atoms with E-state index in [1.165, 1.54) is 0 Å². The lowest BCUT2D eigenvalue weighted by Crippen LogP contribution is -2.33. The molecule has 156 valence electrons. The van der Waals surface area contributed by atoms with Crippen molar-refractivity contribution < 1.29 is 14.3 Å². The first-order chi connectivity index (χ1) is 15.2. The molecule has 1 aliphatic heterocycles. The topological polar surface area (TPSA) is 83.2 Å². The van der Waals surface area contributed by atoms with Crippen molar-refractivity contribution in [3.63, 3.8) is 0 Å². The summed E-state index contributed by atoms with van der Waals surface area (Å²) < 4.78 is 15.0. The van der Waals surface area contributed by atoms with Gasteiger partial charge in [0.2, 0.25) is 0 Å². The molecule has 5 rings (SSSR count). The van der Waals surface area contributed by atoms with E-state index in [1.54, 1.807) is 34.9 Å². The van der Waals surface area contributed by atoms with E-state index in [9.17, 15) is 4.79 Å². The summed E-state index contributed by atoms with van der Waals surface area (Å²) in [6.45, 7) is 0.948. The van der Waals surface area contributed by atoms with E-state index in [0.717, 1.165) is 22.8 Å². The molecule has 1 amide bonds. The zero-order valence-corrected chi connectivity index (χ0v) is 16.9. The number of aromatic nitrogens is 4. The Hall–Kier alpha value is -4.07. The Balaban J connectivity index is 1.24. The zero-order valence-electron chi connectivity index (χ0n) is 16.9. The van der Waals surface area contributed by atoms with E-state index in [-0.39, 0.29) is 12.0 Å². The van der Waals surface area contributed by atoms with Gasteiger partial charge in [0.1, 0.15) is 12.3 Å². The predicted molar refractivity (Wildman–Crippen MR) is 115 cm³/mol. The molecule has 1 atom stereocenters. The largest absolute Gasteiger partial charge is 0.486 e. The summed E-state index contributed by atoms with van der Waals surface area (Å²) in [6.07, 6.45) is 3.23. The Morgan fingerprint density at radius 3 is 2.74 bits per heavy atom. The number of rotatable bonds is 5. The third-order valence-electron chi connectivity index (χ3n) is 5.03. The highest BCUT2D eigenvalue weighted by atomic mass is 16.6. The van der Waals surface area contributed by atoms with Crippen LogP contribution in [0.15, 0.2) is 73.1 Å². The highest BCUT2D eigenvalue weighted by molar-refractivity contribution is 6.03. The SMILES string of the molecule is Cn1nc(-c2ccccc2)cc1C(=O)Nc1cnn(CC2COc3ccccc3O2)c1. The molecule has 8 heteroatoms. The second-order valence-corrected chi connectivity index (χ2v) is 7.31. The second kappa shape index (κ2) is 7.98. The molecule has 8 nitrogen and oxygen atoms in total. The fraction of sp³-hybridized carbons (Fsp3) is 0.174. The van der Waals surface area contributed by atoms with Crippen LogP contribution in [-0.2, 0) is 13.6 Å². The summed E-state index contributed by atoms with van der Waals surface area (Å²) in [7, 11) is 1.75. The van der Waals surface area contributed by atoms with Gasteiger partial charge in [-0.3, -0.25) is 14.2 Å². The van der Waals surface area contributed by atoms with Crippen LogP contribution in [0.3, 0.4) is 0 Å². The molecule has 3 heterocycles. The molecule has 4 aromatic rings. The lowest BCUT2D eigenvalue weighted by Gasteiger charge is -2.26. The number of hydrogen-bond acceptors (Lipinski definition) is 5. The van der Waals surface area contributed by atoms with Crippen molar-refractivity contribution in [3.8, 4) is 22.8 Å². The fourth-order valence-electron chi connectivity index (χ4n) is 3.51. The number of nitrogens with zero attached hydrogens (tertiary/aromatic N) is 4. The summed E-state index contributed by atoms with van der Waals surface area (Å²) in [5.41, 5.74) is 2.77. The molecule has 31 heavy (non-hydrogen) atoms. The van der Waals surface area contributed by atoms with Crippen LogP contribution in [-0.4, -0.2) is 38.2 Å². The number of aryl methyl sites for hydroxylation is 1. The van der Waals surface area contributed by atoms with Gasteiger partial charge in [0.25, 0.3) is 5.91 Å². The fourth-order valence-corrected chi connectivity index (χ4v) is 3.51. The molecule has 0 bridgehead atoms. The third-order valence-corrected chi connectivity index (χ3v) is 5.03. The number of fused-ring (bicyclic) bond motifs is 1. The normalized spacial score (nSPS) is 14.9. The molecule has 0 saturated carbocycles. The number of hydrogen-bond donors (Lipinski definition) is 1. The van der Waals surface area contributed by atoms with Crippen LogP contribution in [0, 0.1) is 0 Å². The molecule has 0 fully saturated rings. The van der Waals surface area contributed by atoms with Crippen molar-refractivity contribution in [3.05, 3.63) is 78.8 Å². The molecule has 0 aliphatic carbocycles. The summed E-state index contributed by atoms with van der Waals surface area (Å²) in [4.78, 5) is 12.8. The molecule has 1 unspecified atom stereocenters. The molecule has 0 radical (unpaired) electrons. The number of anilines is 1. The van der Waals surface area contributed by atoms with Crippen LogP contribution in [0.4, 0.5) is 5.69 Å². The zero-order chi connectivity index (χ0) is 21.2. The molecule has 2 aromatic heterocycles. The lowest BCUT2D eigenvalue weighted by molar-refractivity contribution is 0.0759. The van der Waals surface area contributed by atoms with Crippen molar-refractivity contribution >= 4 is 11.6 Å². The molecule has 0 saturated heterocycles. The minimum atomic E-state index is -0.247. The summed E-state index contributed by atoms with van der Waals surface area (Å²) >= 11 is 0. The molecule has 1 N–H and O–H groups in total. The summed E-state index contributed by atoms with van der Waals surface area (Å²) in [5, 5.41) is 11.7. The second-order valence-electron chi connectivity index (χ2n) is 7.31. The predicted octanol–water partition coefficient (Wildman–Crippen LogP) is 3.38. The van der Waals surface area contributed by atoms with E-state index in [4.69, 9.17) is 9.47 Å². The van der Waals surface area contributed by atoms with Crippen molar-refractivity contribution in [1.29, 1.82) is 0 Å². The van der Waals surface area contributed by atoms with Gasteiger partial charge in [-0.15, -0.1) is 0 Å². The van der Waals surface area contributed by atoms with Crippen LogP contribution < -0.4 is 14.8 Å². The Morgan fingerprint density at radius 2 is 1.90 bits per heavy atom. The average Bonchev–Trinajstić information content (AvgIpc) is 3.40. The van der Waals surface area contributed by atoms with E-state index in [1.807, 2.05) is 54.6 Å². The first-order valence-electron chi connectivity index (χ1n) is 9.97. The first-order valence-corrected chi connectivity index (χ1v) is 9.97. The van der Waals surface area contributed by atoms with Gasteiger partial charge < -0.3 is 14.8 Å². The van der Waals surface area contributed by atoms with Crippen LogP contribution >= 0.6 is 0 Å². The number of benzene rings is 2. The van der Waals surface area contributed by atoms with E-state index in [0.29, 0.717) is 24.5 Å². The van der Waals surface area contributed by atoms with E-state index in [2.05, 4.69) is 15.5 Å². The van der Waals surface area contributed by atoms with Crippen LogP contribution in [0.2, 0.25) is 0 Å². The van der Waals surface area contributed by atoms with Gasteiger partial charge in [-0.05, 0) is 18.2 Å². The monoisotopic (exact) mass is 415 g/mol. The highest BCUT2D eigenvalue weighted by Gasteiger charge is 2.21. The first kappa shape index (κ1) is 18.9. The molecule has 1 aliphatic rings. The maximum atomic E-state index is 12.8. The number of nitrogens with one attached hydrogen (secondary N) is 1. The number of carbonyl (C=O) groups excluding carboxylic acids is 1. The van der Waals surface area contributed by atoms with Gasteiger partial charge in [0, 0.05) is 18.8 Å². The minimum Gasteiger partial charge on any atom is -0.486 e. The number of para-hydroxylation sites is 2. The number of carbonyl (C=O) groups is 1. The lowest BCUT2D eigenvalue weighted by atomic mass is 10.1. The average molecular weight is 415 g/mol. The standard InChI is InChI=1S/C23H21N5O3/c1-27-20(11-19(26-27)16-7-3-2-4-8-16)23(29)25-17-12-24-28(13-17)14-18-15-30-21-9-5-6-10-22(21)31-18/h2-13,18H,14-15H2,1H3,(H,25,29). The van der Waals surface area contributed by atoms with Crippen molar-refractivity contribution in [2.24, 2.45) is 7.05 Å². The van der Waals surface area contributed by atoms with Crippen LogP contribution in [0.5, 0.6) is 11.5 Å². The van der Waals surface area contributed by atoms with Crippen LogP contribution in [0.1, 0.15) is 10.5 Å². The van der Waals surface area contributed by atoms with Crippen molar-refractivity contribution in [1.82, 2.24) is 19.6 Å². The maximum Gasteiger partial charge on any atom is 0.274 e. The van der Waals surface area contributed by atoms with Gasteiger partial charge in [0.05, 0.1) is 24.1 Å². The van der Waals surface area contributed by atoms with Gasteiger partial charge in [-0.25, -0.2) is 0 Å². The minimum absolute atomic E-state index is 0.163. The Labute approximate surface area is 179 Å². The molecule has 0 spiro atoms. The maximum absolute atomic E-state index is 12.8. The quantitative estimate of drug-likeness (QED) is 0.540. The van der Waals surface area contributed by atoms with E-state index < -0.39 is 0 Å². The Bertz CT molecular complexity index is 1210. The van der Waals surface area contributed by atoms with Gasteiger partial charge in [-0.2, -0.15) is 10.2 Å². The van der Waals surface area contributed by atoms with Gasteiger partial charge >= 0.3 is 0 Å². The number of ether oxygens (including phenoxy) is 2. The molecular formula is C23H21N5O3. The summed E-state index contributed by atoms with van der Waals surface area (Å²) in [5.74, 6) is 1.23. The van der Waals surface area contributed by atoms with Crippen molar-refractivity contribution in [2.75, 3.05) is 11.9 Å². The molecule has 2 aromatic carbocycles. The Morgan fingerprint density at radius 1 is 1.13 bits per heavy atom. The molecular weight excluding hydrogens is 394 g/mol. The Kier molecular flexibility index (Phi) is 4.87. The van der Waals surface area contributed by atoms with Gasteiger partial charge in [0.15, 0.2) is 17.6 Å². The van der Waals surface area contributed by atoms with Crippen molar-refractivity contribution in [2.45, 2.75) is 12.6 Å².